The number of hydrogen-bond donors (Lipinski definition) is 1. The maximum Gasteiger partial charge on any atom is 0.141 e. The molecule has 0 atom stereocenters. The molecule has 18 heavy (non-hydrogen) atoms. The number of nitrogens with one attached hydrogen (secondary N) is 1. The molecule has 0 radical (unpaired) electrons. The molecule has 1 N–H and O–H groups in total. The van der Waals surface area contributed by atoms with Gasteiger partial charge >= 0.3 is 0 Å². The Labute approximate surface area is 129 Å². The zero-order valence-electron chi connectivity index (χ0n) is 10.6. The van der Waals surface area contributed by atoms with Gasteiger partial charge in [-0.2, -0.15) is 0 Å². The highest BCUT2D eigenvalue weighted by Gasteiger charge is 2.22. The van der Waals surface area contributed by atoms with Gasteiger partial charge < -0.3 is 14.8 Å². The first-order chi connectivity index (χ1) is 8.16. The smallest absolute Gasteiger partial charge is 0.141 e. The summed E-state index contributed by atoms with van der Waals surface area (Å²) in [6.07, 6.45) is 7.43. The minimum absolute atomic E-state index is 0. The summed E-state index contributed by atoms with van der Waals surface area (Å²) < 4.78 is 0. The van der Waals surface area contributed by atoms with Gasteiger partial charge in [-0.15, -0.1) is 17.0 Å². The van der Waals surface area contributed by atoms with Crippen molar-refractivity contribution in [2.24, 2.45) is 0 Å². The lowest BCUT2D eigenvalue weighted by Gasteiger charge is -2.18. The van der Waals surface area contributed by atoms with Gasteiger partial charge in [-0.3, -0.25) is 0 Å². The molecule has 0 spiro atoms. The number of hydrogen-bond acceptors (Lipinski definition) is 3. The molecule has 1 aliphatic heterocycles. The molecular formula is C11H19BrCl2N4. The third kappa shape index (κ3) is 5.50. The molecule has 0 amide bonds. The number of halogens is 3. The molecule has 0 saturated heterocycles. The van der Waals surface area contributed by atoms with Gasteiger partial charge in [0.2, 0.25) is 0 Å². The van der Waals surface area contributed by atoms with E-state index in [9.17, 15) is 0 Å². The lowest BCUT2D eigenvalue weighted by Crippen LogP contribution is -2.25. The Bertz CT molecular complexity index is 326. The predicted octanol–water partition coefficient (Wildman–Crippen LogP) is 3.58. The second-order valence-electron chi connectivity index (χ2n) is 3.80. The Morgan fingerprint density at radius 1 is 1.39 bits per heavy atom. The van der Waals surface area contributed by atoms with Crippen molar-refractivity contribution in [3.63, 3.8) is 0 Å². The van der Waals surface area contributed by atoms with E-state index in [2.05, 4.69) is 21.8 Å². The van der Waals surface area contributed by atoms with Crippen molar-refractivity contribution >= 4 is 40.2 Å². The Morgan fingerprint density at radius 3 is 2.44 bits per heavy atom. The summed E-state index contributed by atoms with van der Waals surface area (Å²) in [6.45, 7) is 3.98. The monoisotopic (exact) mass is 356 g/mol. The molecule has 0 fully saturated rings. The third-order valence-corrected chi connectivity index (χ3v) is 3.34. The minimum Gasteiger partial charge on any atom is -0.351 e. The molecule has 0 bridgehead atoms. The number of aromatic amines is 1. The maximum atomic E-state index is 5.99. The lowest BCUT2D eigenvalue weighted by atomic mass is 10.3. The number of imidazole rings is 1. The van der Waals surface area contributed by atoms with Crippen molar-refractivity contribution in [1.29, 1.82) is 0 Å². The van der Waals surface area contributed by atoms with Gasteiger partial charge in [-0.25, -0.2) is 4.98 Å². The average Bonchev–Trinajstić information content (AvgIpc) is 2.96. The van der Waals surface area contributed by atoms with Gasteiger partial charge in [-0.1, -0.05) is 36.5 Å². The molecule has 2 heterocycles. The Hall–Kier alpha value is -0.390. The van der Waals surface area contributed by atoms with Crippen LogP contribution in [0.1, 0.15) is 19.8 Å². The first-order valence-electron chi connectivity index (χ1n) is 5.61. The fourth-order valence-electron chi connectivity index (χ4n) is 1.40. The van der Waals surface area contributed by atoms with Crippen LogP contribution in [-0.2, 0) is 0 Å². The van der Waals surface area contributed by atoms with Crippen LogP contribution in [0.5, 0.6) is 0 Å². The summed E-state index contributed by atoms with van der Waals surface area (Å²) in [5.74, 6) is 0. The van der Waals surface area contributed by atoms with Crippen molar-refractivity contribution in [1.82, 2.24) is 19.8 Å². The van der Waals surface area contributed by atoms with E-state index in [0.717, 1.165) is 19.6 Å². The third-order valence-electron chi connectivity index (χ3n) is 2.35. The Kier molecular flexibility index (Phi) is 9.32. The zero-order valence-corrected chi connectivity index (χ0v) is 13.8. The molecule has 2 rings (SSSR count). The van der Waals surface area contributed by atoms with Crippen molar-refractivity contribution in [3.8, 4) is 0 Å². The van der Waals surface area contributed by atoms with Crippen molar-refractivity contribution in [2.75, 3.05) is 20.3 Å². The molecule has 1 aromatic rings. The predicted molar refractivity (Wildman–Crippen MR) is 81.9 cm³/mol. The van der Waals surface area contributed by atoms with Crippen molar-refractivity contribution in [3.05, 3.63) is 29.0 Å². The molecule has 4 nitrogen and oxygen atoms in total. The minimum atomic E-state index is 0. The first kappa shape index (κ1) is 17.6. The Morgan fingerprint density at radius 2 is 2.11 bits per heavy atom. The van der Waals surface area contributed by atoms with Crippen LogP contribution >= 0.6 is 40.2 Å². The first-order valence-corrected chi connectivity index (χ1v) is 6.36. The Balaban J connectivity index is 0.000000405. The standard InChI is InChI=1S/C8H14Cl2N2.C3H4N2.BrH/c1-3-4-5-12-6-11(2)7(9)8(12)10;1-2-5-3-4-1;/h3-6H2,1-2H3;1-3H,(H,4,5);1H. The molecule has 0 aromatic carbocycles. The van der Waals surface area contributed by atoms with Gasteiger partial charge in [0.1, 0.15) is 10.3 Å². The number of H-pyrrole nitrogens is 1. The van der Waals surface area contributed by atoms with Crippen LogP contribution in [0, 0.1) is 0 Å². The second kappa shape index (κ2) is 9.53. The van der Waals surface area contributed by atoms with E-state index in [-0.39, 0.29) is 17.0 Å². The van der Waals surface area contributed by atoms with Crippen molar-refractivity contribution < 1.29 is 0 Å². The van der Waals surface area contributed by atoms with E-state index < -0.39 is 0 Å². The second-order valence-corrected chi connectivity index (χ2v) is 4.51. The highest BCUT2D eigenvalue weighted by molar-refractivity contribution is 8.93. The maximum absolute atomic E-state index is 5.99. The normalized spacial score (nSPS) is 14.2. The van der Waals surface area contributed by atoms with Crippen LogP contribution in [0.2, 0.25) is 0 Å². The average molecular weight is 358 g/mol. The fourth-order valence-corrected chi connectivity index (χ4v) is 1.86. The summed E-state index contributed by atoms with van der Waals surface area (Å²) in [4.78, 5) is 10.5. The summed E-state index contributed by atoms with van der Waals surface area (Å²) in [7, 11) is 1.94. The lowest BCUT2D eigenvalue weighted by molar-refractivity contribution is 0.286. The van der Waals surface area contributed by atoms with E-state index in [1.165, 1.54) is 6.42 Å². The SMILES string of the molecule is Br.CCCCN1CN(C)C(Cl)=C1Cl.c1c[nH]cn1. The van der Waals surface area contributed by atoms with E-state index in [1.807, 2.05) is 11.9 Å². The summed E-state index contributed by atoms with van der Waals surface area (Å²) in [5, 5.41) is 1.35. The van der Waals surface area contributed by atoms with E-state index in [4.69, 9.17) is 23.2 Å². The van der Waals surface area contributed by atoms with Gasteiger partial charge in [0.05, 0.1) is 13.0 Å². The van der Waals surface area contributed by atoms with Gasteiger partial charge in [0, 0.05) is 26.0 Å². The van der Waals surface area contributed by atoms with Gasteiger partial charge in [0.15, 0.2) is 0 Å². The van der Waals surface area contributed by atoms with Crippen LogP contribution in [0.3, 0.4) is 0 Å². The van der Waals surface area contributed by atoms with Crippen LogP contribution < -0.4 is 0 Å². The quantitative estimate of drug-likeness (QED) is 0.839. The molecule has 1 aliphatic rings. The molecule has 104 valence electrons. The zero-order chi connectivity index (χ0) is 12.7. The number of rotatable bonds is 3. The summed E-state index contributed by atoms with van der Waals surface area (Å²) >= 11 is 11.9. The molecule has 1 aromatic heterocycles. The van der Waals surface area contributed by atoms with E-state index in [1.54, 1.807) is 18.7 Å². The molecule has 0 aliphatic carbocycles. The van der Waals surface area contributed by atoms with Crippen LogP contribution in [0.15, 0.2) is 29.0 Å². The number of unbranched alkanes of at least 4 members (excludes halogenated alkanes) is 1. The summed E-state index contributed by atoms with van der Waals surface area (Å²) in [6, 6.07) is 0. The number of nitrogens with zero attached hydrogens (tertiary/aromatic N) is 3. The largest absolute Gasteiger partial charge is 0.351 e. The fraction of sp³-hybridized carbons (Fsp3) is 0.545. The van der Waals surface area contributed by atoms with E-state index >= 15 is 0 Å². The molecular weight excluding hydrogens is 339 g/mol. The van der Waals surface area contributed by atoms with Crippen LogP contribution in [0.25, 0.3) is 0 Å². The topological polar surface area (TPSA) is 35.2 Å². The van der Waals surface area contributed by atoms with Gasteiger partial charge in [0.25, 0.3) is 0 Å². The number of aromatic nitrogens is 2. The highest BCUT2D eigenvalue weighted by atomic mass is 79.9. The van der Waals surface area contributed by atoms with Gasteiger partial charge in [-0.05, 0) is 6.42 Å². The van der Waals surface area contributed by atoms with E-state index in [0.29, 0.717) is 10.3 Å². The summed E-state index contributed by atoms with van der Waals surface area (Å²) in [5.41, 5.74) is 0. The van der Waals surface area contributed by atoms with Crippen molar-refractivity contribution in [2.45, 2.75) is 19.8 Å². The van der Waals surface area contributed by atoms with Crippen LogP contribution in [0.4, 0.5) is 0 Å². The highest BCUT2D eigenvalue weighted by Crippen LogP contribution is 2.27. The molecule has 7 heteroatoms. The van der Waals surface area contributed by atoms with Crippen LogP contribution in [-0.4, -0.2) is 40.0 Å². The molecule has 0 unspecified atom stereocenters. The molecule has 0 saturated carbocycles.